The van der Waals surface area contributed by atoms with E-state index < -0.39 is 4.92 Å². The van der Waals surface area contributed by atoms with Crippen LogP contribution in [0.3, 0.4) is 0 Å². The van der Waals surface area contributed by atoms with E-state index in [4.69, 9.17) is 0 Å². The number of carbonyl (C=O) groups is 1. The van der Waals surface area contributed by atoms with Crippen molar-refractivity contribution in [1.82, 2.24) is 0 Å². The van der Waals surface area contributed by atoms with Crippen molar-refractivity contribution in [3.8, 4) is 0 Å². The summed E-state index contributed by atoms with van der Waals surface area (Å²) in [5.74, 6) is -0.0682. The maximum Gasteiger partial charge on any atom is 0.286 e. The van der Waals surface area contributed by atoms with Crippen LogP contribution in [0.1, 0.15) is 5.56 Å². The monoisotopic (exact) mass is 303 g/mol. The molecule has 0 N–H and O–H groups in total. The molecule has 1 rings (SSSR count). The number of nitro benzene ring substituents is 1. The number of nitro groups is 1. The summed E-state index contributed by atoms with van der Waals surface area (Å²) in [5.41, 5.74) is 0.519. The van der Waals surface area contributed by atoms with Crippen molar-refractivity contribution in [3.05, 3.63) is 33.9 Å². The summed E-state index contributed by atoms with van der Waals surface area (Å²) < 4.78 is 0. The van der Waals surface area contributed by atoms with Crippen LogP contribution in [0.15, 0.2) is 23.1 Å². The van der Waals surface area contributed by atoms with Gasteiger partial charge in [-0.3, -0.25) is 14.9 Å². The Kier molecular flexibility index (Phi) is 4.95. The number of thioether (sulfide) groups is 1. The summed E-state index contributed by atoms with van der Waals surface area (Å²) in [6, 6.07) is 5.04. The summed E-state index contributed by atoms with van der Waals surface area (Å²) in [4.78, 5) is 22.4. The number of rotatable bonds is 5. The molecule has 0 radical (unpaired) electrons. The van der Waals surface area contributed by atoms with Gasteiger partial charge in [0.05, 0.1) is 15.1 Å². The molecule has 86 valence electrons. The number of Topliss-reactive ketones (excluding diaryl/α,β-unsaturated/α-hetero) is 1. The third-order valence-corrected chi connectivity index (χ3v) is 3.42. The first-order valence-corrected chi connectivity index (χ1v) is 6.82. The molecule has 0 fully saturated rings. The lowest BCUT2D eigenvalue weighted by molar-refractivity contribution is -0.388. The largest absolute Gasteiger partial charge is 0.298 e. The van der Waals surface area contributed by atoms with E-state index in [1.165, 1.54) is 11.8 Å². The minimum absolute atomic E-state index is 0.0456. The Morgan fingerprint density at radius 3 is 2.75 bits per heavy atom. The summed E-state index contributed by atoms with van der Waals surface area (Å²) in [6.45, 7) is 0. The van der Waals surface area contributed by atoms with Crippen LogP contribution in [0, 0.1) is 10.1 Å². The number of halogens is 1. The molecular weight excluding hydrogens is 294 g/mol. The molecule has 0 aliphatic heterocycles. The molecule has 0 amide bonds. The van der Waals surface area contributed by atoms with Crippen molar-refractivity contribution in [3.63, 3.8) is 0 Å². The van der Waals surface area contributed by atoms with Gasteiger partial charge in [0, 0.05) is 12.0 Å². The number of alkyl halides is 1. The fourth-order valence-electron chi connectivity index (χ4n) is 1.34. The zero-order chi connectivity index (χ0) is 12.1. The van der Waals surface area contributed by atoms with Crippen LogP contribution in [0.4, 0.5) is 5.69 Å². The molecule has 6 heteroatoms. The highest BCUT2D eigenvalue weighted by atomic mass is 79.9. The molecule has 1 aromatic rings. The molecule has 0 heterocycles. The van der Waals surface area contributed by atoms with Gasteiger partial charge in [0.2, 0.25) is 0 Å². The van der Waals surface area contributed by atoms with Gasteiger partial charge in [0.15, 0.2) is 0 Å². The lowest BCUT2D eigenvalue weighted by atomic mass is 10.1. The first-order chi connectivity index (χ1) is 7.60. The lowest BCUT2D eigenvalue weighted by Gasteiger charge is -2.04. The Balaban J connectivity index is 3.17. The third-order valence-electron chi connectivity index (χ3n) is 2.02. The second-order valence-electron chi connectivity index (χ2n) is 3.07. The van der Waals surface area contributed by atoms with E-state index in [9.17, 15) is 14.9 Å². The fraction of sp³-hybridized carbons (Fsp3) is 0.300. The van der Waals surface area contributed by atoms with Gasteiger partial charge >= 0.3 is 0 Å². The van der Waals surface area contributed by atoms with Crippen molar-refractivity contribution in [1.29, 1.82) is 0 Å². The van der Waals surface area contributed by atoms with Gasteiger partial charge in [-0.1, -0.05) is 28.1 Å². The number of ketones is 1. The van der Waals surface area contributed by atoms with Gasteiger partial charge in [-0.25, -0.2) is 0 Å². The van der Waals surface area contributed by atoms with E-state index in [0.717, 1.165) is 0 Å². The Bertz CT molecular complexity index is 423. The van der Waals surface area contributed by atoms with Crippen LogP contribution < -0.4 is 0 Å². The van der Waals surface area contributed by atoms with E-state index >= 15 is 0 Å². The lowest BCUT2D eigenvalue weighted by Crippen LogP contribution is -2.06. The molecule has 0 saturated carbocycles. The summed E-state index contributed by atoms with van der Waals surface area (Å²) in [6.07, 6.45) is 1.87. The molecule has 0 aromatic heterocycles. The van der Waals surface area contributed by atoms with Crippen LogP contribution in [0.5, 0.6) is 0 Å². The topological polar surface area (TPSA) is 60.2 Å². The second-order valence-corrected chi connectivity index (χ2v) is 4.48. The summed E-state index contributed by atoms with van der Waals surface area (Å²) in [7, 11) is 0. The van der Waals surface area contributed by atoms with Crippen molar-refractivity contribution >= 4 is 39.2 Å². The summed E-state index contributed by atoms with van der Waals surface area (Å²) >= 11 is 4.35. The Morgan fingerprint density at radius 1 is 1.56 bits per heavy atom. The maximum atomic E-state index is 11.3. The molecule has 0 saturated heterocycles. The Labute approximate surface area is 106 Å². The average Bonchev–Trinajstić information content (AvgIpc) is 2.28. The highest BCUT2D eigenvalue weighted by Gasteiger charge is 2.20. The molecule has 16 heavy (non-hydrogen) atoms. The average molecular weight is 304 g/mol. The minimum atomic E-state index is -0.428. The van der Waals surface area contributed by atoms with E-state index in [2.05, 4.69) is 15.9 Å². The molecule has 0 aliphatic carbocycles. The van der Waals surface area contributed by atoms with Crippen LogP contribution in [0.2, 0.25) is 0 Å². The molecule has 0 spiro atoms. The number of hydrogen-bond donors (Lipinski definition) is 0. The van der Waals surface area contributed by atoms with Crippen LogP contribution in [0.25, 0.3) is 0 Å². The van der Waals surface area contributed by atoms with Gasteiger partial charge in [-0.15, -0.1) is 11.8 Å². The van der Waals surface area contributed by atoms with Crippen molar-refractivity contribution < 1.29 is 9.72 Å². The molecule has 0 aliphatic rings. The number of benzene rings is 1. The predicted octanol–water partition coefficient (Wildman–Crippen LogP) is 2.82. The first-order valence-electron chi connectivity index (χ1n) is 4.48. The van der Waals surface area contributed by atoms with Crippen molar-refractivity contribution in [2.24, 2.45) is 0 Å². The highest BCUT2D eigenvalue weighted by molar-refractivity contribution is 9.09. The predicted molar refractivity (Wildman–Crippen MR) is 67.4 cm³/mol. The molecule has 0 bridgehead atoms. The van der Waals surface area contributed by atoms with Crippen LogP contribution in [-0.4, -0.2) is 22.3 Å². The first kappa shape index (κ1) is 13.2. The zero-order valence-corrected chi connectivity index (χ0v) is 11.0. The van der Waals surface area contributed by atoms with E-state index in [0.29, 0.717) is 10.5 Å². The maximum absolute atomic E-state index is 11.3. The van der Waals surface area contributed by atoms with E-state index in [1.807, 2.05) is 0 Å². The minimum Gasteiger partial charge on any atom is -0.298 e. The van der Waals surface area contributed by atoms with Crippen LogP contribution in [-0.2, 0) is 11.2 Å². The molecule has 0 unspecified atom stereocenters. The van der Waals surface area contributed by atoms with Crippen LogP contribution >= 0.6 is 27.7 Å². The molecule has 4 nitrogen and oxygen atoms in total. The standard InChI is InChI=1S/C10H10BrNO3S/c1-16-9-4-2-3-7(5-8(13)6-11)10(9)12(14)15/h2-4H,5-6H2,1H3. The quantitative estimate of drug-likeness (QED) is 0.363. The number of para-hydroxylation sites is 1. The SMILES string of the molecule is CSc1cccc(CC(=O)CBr)c1[N+](=O)[O-]. The van der Waals surface area contributed by atoms with Gasteiger partial charge in [-0.05, 0) is 12.3 Å². The Morgan fingerprint density at radius 2 is 2.25 bits per heavy atom. The third kappa shape index (κ3) is 3.05. The van der Waals surface area contributed by atoms with Gasteiger partial charge in [-0.2, -0.15) is 0 Å². The number of nitrogens with zero attached hydrogens (tertiary/aromatic N) is 1. The second kappa shape index (κ2) is 6.00. The van der Waals surface area contributed by atoms with Gasteiger partial charge in [0.1, 0.15) is 5.78 Å². The van der Waals surface area contributed by atoms with E-state index in [1.54, 1.807) is 24.5 Å². The smallest absolute Gasteiger partial charge is 0.286 e. The summed E-state index contributed by atoms with van der Waals surface area (Å²) in [5, 5.41) is 11.2. The van der Waals surface area contributed by atoms with Crippen molar-refractivity contribution in [2.45, 2.75) is 11.3 Å². The molecule has 1 aromatic carbocycles. The van der Waals surface area contributed by atoms with Gasteiger partial charge in [0.25, 0.3) is 5.69 Å². The van der Waals surface area contributed by atoms with Gasteiger partial charge < -0.3 is 0 Å². The number of carbonyl (C=O) groups excluding carboxylic acids is 1. The van der Waals surface area contributed by atoms with Crippen molar-refractivity contribution in [2.75, 3.05) is 11.6 Å². The number of hydrogen-bond acceptors (Lipinski definition) is 4. The normalized spacial score (nSPS) is 10.1. The fourth-order valence-corrected chi connectivity index (χ4v) is 2.15. The Hall–Kier alpha value is -0.880. The molecular formula is C10H10BrNO3S. The zero-order valence-electron chi connectivity index (χ0n) is 8.60. The highest BCUT2D eigenvalue weighted by Crippen LogP contribution is 2.31. The molecule has 0 atom stereocenters. The van der Waals surface area contributed by atoms with E-state index in [-0.39, 0.29) is 23.2 Å².